The third kappa shape index (κ3) is 5.33. The van der Waals surface area contributed by atoms with E-state index in [1.165, 1.54) is 0 Å². The summed E-state index contributed by atoms with van der Waals surface area (Å²) in [6, 6.07) is 4.08. The molecule has 1 heterocycles. The number of nitrogens with zero attached hydrogens (tertiary/aromatic N) is 1. The summed E-state index contributed by atoms with van der Waals surface area (Å²) < 4.78 is 10.5. The van der Waals surface area contributed by atoms with Crippen LogP contribution in [0.3, 0.4) is 0 Å². The first-order valence-corrected chi connectivity index (χ1v) is 6.34. The van der Waals surface area contributed by atoms with Crippen molar-refractivity contribution < 1.29 is 9.47 Å². The van der Waals surface area contributed by atoms with Gasteiger partial charge in [-0.25, -0.2) is 4.98 Å². The first-order valence-electron chi connectivity index (χ1n) is 6.34. The summed E-state index contributed by atoms with van der Waals surface area (Å²) in [5, 5.41) is 3.39. The van der Waals surface area contributed by atoms with Crippen LogP contribution in [0.4, 0.5) is 5.69 Å². The highest BCUT2D eigenvalue weighted by Crippen LogP contribution is 2.14. The SMILES string of the molecule is CCOc1ccc(NC(CCCN)COC)cn1. The number of pyridine rings is 1. The Balaban J connectivity index is 2.51. The lowest BCUT2D eigenvalue weighted by molar-refractivity contribution is 0.182. The van der Waals surface area contributed by atoms with Crippen LogP contribution in [0, 0.1) is 0 Å². The second-order valence-corrected chi connectivity index (χ2v) is 4.05. The number of methoxy groups -OCH3 is 1. The molecule has 18 heavy (non-hydrogen) atoms. The molecule has 5 heteroatoms. The van der Waals surface area contributed by atoms with Gasteiger partial charge < -0.3 is 20.5 Å². The lowest BCUT2D eigenvalue weighted by atomic mass is 10.1. The van der Waals surface area contributed by atoms with Crippen LogP contribution >= 0.6 is 0 Å². The highest BCUT2D eigenvalue weighted by atomic mass is 16.5. The fourth-order valence-corrected chi connectivity index (χ4v) is 1.70. The number of hydrogen-bond donors (Lipinski definition) is 2. The number of aromatic nitrogens is 1. The van der Waals surface area contributed by atoms with E-state index in [2.05, 4.69) is 10.3 Å². The first kappa shape index (κ1) is 14.7. The Morgan fingerprint density at radius 3 is 2.83 bits per heavy atom. The maximum absolute atomic E-state index is 5.52. The molecule has 1 atom stereocenters. The number of hydrogen-bond acceptors (Lipinski definition) is 5. The van der Waals surface area contributed by atoms with E-state index in [1.54, 1.807) is 13.3 Å². The Morgan fingerprint density at radius 2 is 2.28 bits per heavy atom. The van der Waals surface area contributed by atoms with Gasteiger partial charge in [0.25, 0.3) is 0 Å². The molecule has 0 saturated heterocycles. The van der Waals surface area contributed by atoms with Crippen molar-refractivity contribution in [2.75, 3.05) is 32.2 Å². The van der Waals surface area contributed by atoms with E-state index >= 15 is 0 Å². The normalized spacial score (nSPS) is 12.2. The molecular weight excluding hydrogens is 230 g/mol. The van der Waals surface area contributed by atoms with Crippen LogP contribution in [0.1, 0.15) is 19.8 Å². The summed E-state index contributed by atoms with van der Waals surface area (Å²) in [7, 11) is 1.70. The van der Waals surface area contributed by atoms with E-state index in [-0.39, 0.29) is 6.04 Å². The minimum Gasteiger partial charge on any atom is -0.478 e. The minimum absolute atomic E-state index is 0.262. The second kappa shape index (κ2) is 8.72. The Bertz CT molecular complexity index is 317. The Hall–Kier alpha value is -1.33. The van der Waals surface area contributed by atoms with Crippen molar-refractivity contribution in [3.05, 3.63) is 18.3 Å². The van der Waals surface area contributed by atoms with Crippen LogP contribution in [0.5, 0.6) is 5.88 Å². The molecule has 3 N–H and O–H groups in total. The maximum atomic E-state index is 5.52. The zero-order valence-corrected chi connectivity index (χ0v) is 11.2. The van der Waals surface area contributed by atoms with Gasteiger partial charge in [0.15, 0.2) is 0 Å². The highest BCUT2D eigenvalue weighted by molar-refractivity contribution is 5.43. The topological polar surface area (TPSA) is 69.4 Å². The summed E-state index contributed by atoms with van der Waals surface area (Å²) in [5.74, 6) is 0.647. The molecule has 0 radical (unpaired) electrons. The standard InChI is InChI=1S/C13H23N3O2/c1-3-18-13-7-6-11(9-15-13)16-12(10-17-2)5-4-8-14/h6-7,9,12,16H,3-5,8,10,14H2,1-2H3. The molecule has 0 aliphatic heterocycles. The molecular formula is C13H23N3O2. The Labute approximate surface area is 109 Å². The summed E-state index contributed by atoms with van der Waals surface area (Å²) in [5.41, 5.74) is 6.49. The molecule has 1 aromatic heterocycles. The smallest absolute Gasteiger partial charge is 0.213 e. The molecule has 0 aliphatic carbocycles. The van der Waals surface area contributed by atoms with Crippen LogP contribution in [-0.4, -0.2) is 37.9 Å². The predicted octanol–water partition coefficient (Wildman–Crippen LogP) is 1.65. The molecule has 0 fully saturated rings. The zero-order valence-electron chi connectivity index (χ0n) is 11.2. The van der Waals surface area contributed by atoms with Crippen molar-refractivity contribution in [3.8, 4) is 5.88 Å². The van der Waals surface area contributed by atoms with Gasteiger partial charge in [-0.3, -0.25) is 0 Å². The van der Waals surface area contributed by atoms with Gasteiger partial charge in [0.1, 0.15) is 0 Å². The average molecular weight is 253 g/mol. The second-order valence-electron chi connectivity index (χ2n) is 4.05. The van der Waals surface area contributed by atoms with Crippen LogP contribution in [-0.2, 0) is 4.74 Å². The van der Waals surface area contributed by atoms with Crippen molar-refractivity contribution >= 4 is 5.69 Å². The van der Waals surface area contributed by atoms with Crippen molar-refractivity contribution in [2.24, 2.45) is 5.73 Å². The maximum Gasteiger partial charge on any atom is 0.213 e. The van der Waals surface area contributed by atoms with E-state index in [4.69, 9.17) is 15.2 Å². The van der Waals surface area contributed by atoms with Crippen LogP contribution in [0.25, 0.3) is 0 Å². The van der Waals surface area contributed by atoms with Gasteiger partial charge in [0.2, 0.25) is 5.88 Å². The molecule has 1 rings (SSSR count). The van der Waals surface area contributed by atoms with Crippen molar-refractivity contribution in [2.45, 2.75) is 25.8 Å². The minimum atomic E-state index is 0.262. The summed E-state index contributed by atoms with van der Waals surface area (Å²) in [6.07, 6.45) is 3.74. The molecule has 0 aliphatic rings. The average Bonchev–Trinajstić information content (AvgIpc) is 2.39. The van der Waals surface area contributed by atoms with Gasteiger partial charge in [-0.05, 0) is 32.4 Å². The quantitative estimate of drug-likeness (QED) is 0.700. The van der Waals surface area contributed by atoms with Gasteiger partial charge in [0, 0.05) is 19.2 Å². The molecule has 5 nitrogen and oxygen atoms in total. The van der Waals surface area contributed by atoms with E-state index in [0.717, 1.165) is 18.5 Å². The van der Waals surface area contributed by atoms with Gasteiger partial charge in [-0.1, -0.05) is 0 Å². The monoisotopic (exact) mass is 253 g/mol. The van der Waals surface area contributed by atoms with Crippen LogP contribution < -0.4 is 15.8 Å². The number of ether oxygens (including phenoxy) is 2. The molecule has 1 aromatic rings. The predicted molar refractivity (Wildman–Crippen MR) is 73.0 cm³/mol. The van der Waals surface area contributed by atoms with E-state index < -0.39 is 0 Å². The molecule has 0 amide bonds. The number of anilines is 1. The lowest BCUT2D eigenvalue weighted by Crippen LogP contribution is -2.25. The number of rotatable bonds is 9. The Kier molecular flexibility index (Phi) is 7.13. The molecule has 0 bridgehead atoms. The largest absolute Gasteiger partial charge is 0.478 e. The Morgan fingerprint density at radius 1 is 1.44 bits per heavy atom. The summed E-state index contributed by atoms with van der Waals surface area (Å²) in [6.45, 7) is 3.93. The number of nitrogens with two attached hydrogens (primary N) is 1. The third-order valence-electron chi connectivity index (χ3n) is 2.52. The number of nitrogens with one attached hydrogen (secondary N) is 1. The fraction of sp³-hybridized carbons (Fsp3) is 0.615. The zero-order chi connectivity index (χ0) is 13.2. The van der Waals surface area contributed by atoms with Gasteiger partial charge in [-0.15, -0.1) is 0 Å². The third-order valence-corrected chi connectivity index (χ3v) is 2.52. The molecule has 0 aromatic carbocycles. The summed E-state index contributed by atoms with van der Waals surface area (Å²) >= 11 is 0. The van der Waals surface area contributed by atoms with Gasteiger partial charge in [-0.2, -0.15) is 0 Å². The fourth-order valence-electron chi connectivity index (χ4n) is 1.70. The van der Waals surface area contributed by atoms with Crippen molar-refractivity contribution in [1.29, 1.82) is 0 Å². The summed E-state index contributed by atoms with van der Waals surface area (Å²) in [4.78, 5) is 4.21. The van der Waals surface area contributed by atoms with E-state index in [1.807, 2.05) is 19.1 Å². The molecule has 1 unspecified atom stereocenters. The van der Waals surface area contributed by atoms with Crippen LogP contribution in [0.15, 0.2) is 18.3 Å². The van der Waals surface area contributed by atoms with E-state index in [0.29, 0.717) is 25.6 Å². The van der Waals surface area contributed by atoms with Crippen molar-refractivity contribution in [1.82, 2.24) is 4.98 Å². The van der Waals surface area contributed by atoms with Crippen LogP contribution in [0.2, 0.25) is 0 Å². The molecule has 0 spiro atoms. The van der Waals surface area contributed by atoms with Gasteiger partial charge in [0.05, 0.1) is 25.1 Å². The highest BCUT2D eigenvalue weighted by Gasteiger charge is 2.08. The molecule has 102 valence electrons. The van der Waals surface area contributed by atoms with E-state index in [9.17, 15) is 0 Å². The first-order chi connectivity index (χ1) is 8.80. The van der Waals surface area contributed by atoms with Crippen molar-refractivity contribution in [3.63, 3.8) is 0 Å². The lowest BCUT2D eigenvalue weighted by Gasteiger charge is -2.18. The molecule has 0 saturated carbocycles. The van der Waals surface area contributed by atoms with Gasteiger partial charge >= 0.3 is 0 Å².